The van der Waals surface area contributed by atoms with E-state index in [2.05, 4.69) is 46.0 Å². The number of aliphatic imine (C=N–C) groups is 1. The smallest absolute Gasteiger partial charge is 0.253 e. The summed E-state index contributed by atoms with van der Waals surface area (Å²) in [5, 5.41) is 6.94. The first kappa shape index (κ1) is 20.9. The minimum atomic E-state index is 0.0183. The maximum atomic E-state index is 12.0. The van der Waals surface area contributed by atoms with Gasteiger partial charge in [-0.25, -0.2) is 0 Å². The highest BCUT2D eigenvalue weighted by Crippen LogP contribution is 2.40. The molecule has 0 heterocycles. The number of benzene rings is 2. The number of nitrogens with one attached hydrogen (secondary N) is 2. The molecule has 0 bridgehead atoms. The lowest BCUT2D eigenvalue weighted by Crippen LogP contribution is -2.44. The van der Waals surface area contributed by atoms with E-state index in [0.717, 1.165) is 18.1 Å². The SMILES string of the molecule is CN=C(NCc1ccc(C(=O)N(C)C)cc1)NCC1(c2ccccc2)CCCC1. The Balaban J connectivity index is 1.57. The number of carbonyl (C=O) groups is 1. The quantitative estimate of drug-likeness (QED) is 0.584. The molecule has 3 rings (SSSR count). The second-order valence-electron chi connectivity index (χ2n) is 8.03. The molecule has 0 unspecified atom stereocenters. The van der Waals surface area contributed by atoms with Gasteiger partial charge in [-0.1, -0.05) is 55.3 Å². The van der Waals surface area contributed by atoms with Crippen LogP contribution < -0.4 is 10.6 Å². The topological polar surface area (TPSA) is 56.7 Å². The summed E-state index contributed by atoms with van der Waals surface area (Å²) >= 11 is 0. The third-order valence-corrected chi connectivity index (χ3v) is 5.83. The van der Waals surface area contributed by atoms with Crippen LogP contribution in [0.15, 0.2) is 59.6 Å². The zero-order chi connectivity index (χ0) is 20.7. The van der Waals surface area contributed by atoms with Gasteiger partial charge in [-0.15, -0.1) is 0 Å². The van der Waals surface area contributed by atoms with Gasteiger partial charge in [0, 0.05) is 45.2 Å². The summed E-state index contributed by atoms with van der Waals surface area (Å²) in [7, 11) is 5.33. The number of guanidine groups is 1. The van der Waals surface area contributed by atoms with E-state index in [1.807, 2.05) is 24.3 Å². The molecule has 0 radical (unpaired) electrons. The van der Waals surface area contributed by atoms with Gasteiger partial charge in [0.25, 0.3) is 5.91 Å². The minimum Gasteiger partial charge on any atom is -0.356 e. The number of rotatable bonds is 6. The maximum Gasteiger partial charge on any atom is 0.253 e. The fraction of sp³-hybridized carbons (Fsp3) is 0.417. The van der Waals surface area contributed by atoms with Gasteiger partial charge >= 0.3 is 0 Å². The van der Waals surface area contributed by atoms with Crippen molar-refractivity contribution < 1.29 is 4.79 Å². The molecule has 2 aromatic carbocycles. The molecule has 5 nitrogen and oxygen atoms in total. The Labute approximate surface area is 174 Å². The molecule has 2 aromatic rings. The molecule has 0 aliphatic heterocycles. The van der Waals surface area contributed by atoms with Crippen molar-refractivity contribution in [3.05, 3.63) is 71.3 Å². The van der Waals surface area contributed by atoms with Crippen molar-refractivity contribution >= 4 is 11.9 Å². The largest absolute Gasteiger partial charge is 0.356 e. The van der Waals surface area contributed by atoms with E-state index >= 15 is 0 Å². The van der Waals surface area contributed by atoms with Crippen LogP contribution in [0.5, 0.6) is 0 Å². The van der Waals surface area contributed by atoms with E-state index in [1.165, 1.54) is 31.2 Å². The molecule has 1 amide bonds. The van der Waals surface area contributed by atoms with E-state index in [4.69, 9.17) is 0 Å². The second-order valence-corrected chi connectivity index (χ2v) is 8.03. The normalized spacial score (nSPS) is 15.8. The van der Waals surface area contributed by atoms with Crippen LogP contribution in [-0.4, -0.2) is 44.5 Å². The molecule has 0 atom stereocenters. The first-order valence-electron chi connectivity index (χ1n) is 10.3. The summed E-state index contributed by atoms with van der Waals surface area (Å²) < 4.78 is 0. The molecule has 5 heteroatoms. The second kappa shape index (κ2) is 9.59. The van der Waals surface area contributed by atoms with Gasteiger partial charge in [0.05, 0.1) is 0 Å². The van der Waals surface area contributed by atoms with Gasteiger partial charge in [0.1, 0.15) is 0 Å². The monoisotopic (exact) mass is 392 g/mol. The van der Waals surface area contributed by atoms with Crippen molar-refractivity contribution in [3.63, 3.8) is 0 Å². The zero-order valence-electron chi connectivity index (χ0n) is 17.7. The lowest BCUT2D eigenvalue weighted by atomic mass is 9.79. The molecular formula is C24H32N4O. The van der Waals surface area contributed by atoms with E-state index in [-0.39, 0.29) is 11.3 Å². The summed E-state index contributed by atoms with van der Waals surface area (Å²) in [4.78, 5) is 18.0. The molecule has 1 saturated carbocycles. The van der Waals surface area contributed by atoms with Crippen molar-refractivity contribution in [2.45, 2.75) is 37.6 Å². The maximum absolute atomic E-state index is 12.0. The number of hydrogen-bond acceptors (Lipinski definition) is 2. The molecule has 1 aliphatic carbocycles. The van der Waals surface area contributed by atoms with Crippen molar-refractivity contribution in [3.8, 4) is 0 Å². The number of amides is 1. The molecule has 154 valence electrons. The first-order chi connectivity index (χ1) is 14.0. The lowest BCUT2D eigenvalue weighted by molar-refractivity contribution is 0.0827. The molecule has 29 heavy (non-hydrogen) atoms. The fourth-order valence-electron chi connectivity index (χ4n) is 4.09. The van der Waals surface area contributed by atoms with Gasteiger partial charge in [-0.3, -0.25) is 9.79 Å². The molecule has 1 fully saturated rings. The van der Waals surface area contributed by atoms with Crippen molar-refractivity contribution in [2.24, 2.45) is 4.99 Å². The Kier molecular flexibility index (Phi) is 6.91. The van der Waals surface area contributed by atoms with Crippen molar-refractivity contribution in [1.29, 1.82) is 0 Å². The third-order valence-electron chi connectivity index (χ3n) is 5.83. The van der Waals surface area contributed by atoms with Crippen LogP contribution >= 0.6 is 0 Å². The van der Waals surface area contributed by atoms with Gasteiger partial charge in [-0.2, -0.15) is 0 Å². The highest BCUT2D eigenvalue weighted by molar-refractivity contribution is 5.93. The molecule has 2 N–H and O–H groups in total. The average Bonchev–Trinajstić information content (AvgIpc) is 3.24. The number of nitrogens with zero attached hydrogens (tertiary/aromatic N) is 2. The highest BCUT2D eigenvalue weighted by Gasteiger charge is 2.35. The summed E-state index contributed by atoms with van der Waals surface area (Å²) in [6.07, 6.45) is 4.98. The van der Waals surface area contributed by atoms with Gasteiger partial charge in [0.15, 0.2) is 5.96 Å². The first-order valence-corrected chi connectivity index (χ1v) is 10.3. The Morgan fingerprint density at radius 3 is 2.24 bits per heavy atom. The minimum absolute atomic E-state index is 0.0183. The molecule has 0 saturated heterocycles. The van der Waals surface area contributed by atoms with Crippen molar-refractivity contribution in [2.75, 3.05) is 27.7 Å². The van der Waals surface area contributed by atoms with Crippen LogP contribution in [0.25, 0.3) is 0 Å². The van der Waals surface area contributed by atoms with Gasteiger partial charge in [0.2, 0.25) is 0 Å². The molecule has 0 spiro atoms. The molecular weight excluding hydrogens is 360 g/mol. The molecule has 0 aromatic heterocycles. The van der Waals surface area contributed by atoms with Crippen LogP contribution in [0.3, 0.4) is 0 Å². The Morgan fingerprint density at radius 1 is 1.00 bits per heavy atom. The fourth-order valence-corrected chi connectivity index (χ4v) is 4.09. The number of hydrogen-bond donors (Lipinski definition) is 2. The zero-order valence-corrected chi connectivity index (χ0v) is 17.7. The lowest BCUT2D eigenvalue weighted by Gasteiger charge is -2.30. The van der Waals surface area contributed by atoms with E-state index in [0.29, 0.717) is 12.1 Å². The summed E-state index contributed by atoms with van der Waals surface area (Å²) in [5.41, 5.74) is 3.42. The van der Waals surface area contributed by atoms with E-state index in [9.17, 15) is 4.79 Å². The van der Waals surface area contributed by atoms with Crippen LogP contribution in [0.1, 0.15) is 47.2 Å². The van der Waals surface area contributed by atoms with Crippen LogP contribution in [0.4, 0.5) is 0 Å². The Bertz CT molecular complexity index is 822. The standard InChI is InChI=1S/C24H32N4O/c1-25-23(26-17-19-11-13-20(14-12-19)22(29)28(2)3)27-18-24(15-7-8-16-24)21-9-5-4-6-10-21/h4-6,9-14H,7-8,15-18H2,1-3H3,(H2,25,26,27). The predicted molar refractivity (Wildman–Crippen MR) is 119 cm³/mol. The predicted octanol–water partition coefficient (Wildman–Crippen LogP) is 3.57. The average molecular weight is 393 g/mol. The highest BCUT2D eigenvalue weighted by atomic mass is 16.2. The Hall–Kier alpha value is -2.82. The van der Waals surface area contributed by atoms with E-state index in [1.54, 1.807) is 26.0 Å². The summed E-state index contributed by atoms with van der Waals surface area (Å²) in [5.74, 6) is 0.824. The number of carbonyl (C=O) groups excluding carboxylic acids is 1. The van der Waals surface area contributed by atoms with Crippen LogP contribution in [-0.2, 0) is 12.0 Å². The third kappa shape index (κ3) is 5.17. The summed E-state index contributed by atoms with van der Waals surface area (Å²) in [6.45, 7) is 1.54. The van der Waals surface area contributed by atoms with Crippen LogP contribution in [0.2, 0.25) is 0 Å². The van der Waals surface area contributed by atoms with Crippen LogP contribution in [0, 0.1) is 0 Å². The van der Waals surface area contributed by atoms with Crippen molar-refractivity contribution in [1.82, 2.24) is 15.5 Å². The van der Waals surface area contributed by atoms with E-state index < -0.39 is 0 Å². The Morgan fingerprint density at radius 2 is 1.66 bits per heavy atom. The van der Waals surface area contributed by atoms with Gasteiger partial charge < -0.3 is 15.5 Å². The molecule has 1 aliphatic rings. The summed E-state index contributed by atoms with van der Waals surface area (Å²) in [6, 6.07) is 18.6. The van der Waals surface area contributed by atoms with Gasteiger partial charge in [-0.05, 0) is 36.1 Å².